The van der Waals surface area contributed by atoms with Crippen LogP contribution in [-0.2, 0) is 11.2 Å². The average Bonchev–Trinajstić information content (AvgIpc) is 2.73. The van der Waals surface area contributed by atoms with Crippen LogP contribution in [0.3, 0.4) is 0 Å². The second-order valence-corrected chi connectivity index (χ2v) is 5.69. The molecule has 1 aromatic heterocycles. The standard InChI is InChI=1S/C13H13NOS2/c1-10-8-17-13(14-10)7-11(15)9-16-12-5-3-2-4-6-12/h2-6,8H,7,9H2,1H3. The molecule has 0 unspecified atom stereocenters. The minimum Gasteiger partial charge on any atom is -0.298 e. The minimum absolute atomic E-state index is 0.230. The molecule has 88 valence electrons. The largest absolute Gasteiger partial charge is 0.298 e. The summed E-state index contributed by atoms with van der Waals surface area (Å²) >= 11 is 3.14. The van der Waals surface area contributed by atoms with Crippen molar-refractivity contribution in [2.24, 2.45) is 0 Å². The van der Waals surface area contributed by atoms with E-state index in [1.165, 1.54) is 0 Å². The summed E-state index contributed by atoms with van der Waals surface area (Å²) in [6.45, 7) is 1.95. The fraction of sp³-hybridized carbons (Fsp3) is 0.231. The summed E-state index contributed by atoms with van der Waals surface area (Å²) in [4.78, 5) is 17.2. The van der Waals surface area contributed by atoms with Crippen molar-refractivity contribution >= 4 is 28.9 Å². The summed E-state index contributed by atoms with van der Waals surface area (Å²) in [5.74, 6) is 0.746. The summed E-state index contributed by atoms with van der Waals surface area (Å²) in [6.07, 6.45) is 0.457. The van der Waals surface area contributed by atoms with E-state index in [2.05, 4.69) is 4.98 Å². The highest BCUT2D eigenvalue weighted by molar-refractivity contribution is 8.00. The molecule has 0 radical (unpaired) electrons. The van der Waals surface area contributed by atoms with Crippen molar-refractivity contribution in [2.75, 3.05) is 5.75 Å². The van der Waals surface area contributed by atoms with Gasteiger partial charge in [-0.3, -0.25) is 4.79 Å². The highest BCUT2D eigenvalue weighted by Gasteiger charge is 2.07. The number of aromatic nitrogens is 1. The number of thioether (sulfide) groups is 1. The van der Waals surface area contributed by atoms with E-state index in [0.717, 1.165) is 15.6 Å². The van der Waals surface area contributed by atoms with Crippen LogP contribution in [0.5, 0.6) is 0 Å². The summed E-state index contributed by atoms with van der Waals surface area (Å²) in [7, 11) is 0. The average molecular weight is 263 g/mol. The van der Waals surface area contributed by atoms with Crippen molar-refractivity contribution < 1.29 is 4.79 Å². The Hall–Kier alpha value is -1.13. The van der Waals surface area contributed by atoms with Gasteiger partial charge in [0.2, 0.25) is 0 Å². The maximum absolute atomic E-state index is 11.7. The predicted molar refractivity (Wildman–Crippen MR) is 72.7 cm³/mol. The van der Waals surface area contributed by atoms with Gasteiger partial charge in [-0.05, 0) is 19.1 Å². The SMILES string of the molecule is Cc1csc(CC(=O)CSc2ccccc2)n1. The topological polar surface area (TPSA) is 30.0 Å². The summed E-state index contributed by atoms with van der Waals surface area (Å²) in [6, 6.07) is 9.98. The van der Waals surface area contributed by atoms with Crippen molar-refractivity contribution in [1.29, 1.82) is 0 Å². The smallest absolute Gasteiger partial charge is 0.149 e. The fourth-order valence-corrected chi connectivity index (χ4v) is 2.96. The lowest BCUT2D eigenvalue weighted by molar-refractivity contribution is -0.116. The Bertz CT molecular complexity index is 493. The van der Waals surface area contributed by atoms with Crippen LogP contribution in [0, 0.1) is 6.92 Å². The predicted octanol–water partition coefficient (Wildman–Crippen LogP) is 3.36. The molecule has 2 rings (SSSR count). The molecule has 0 amide bonds. The van der Waals surface area contributed by atoms with Gasteiger partial charge in [-0.15, -0.1) is 23.1 Å². The van der Waals surface area contributed by atoms with E-state index >= 15 is 0 Å². The van der Waals surface area contributed by atoms with E-state index in [-0.39, 0.29) is 5.78 Å². The van der Waals surface area contributed by atoms with Gasteiger partial charge >= 0.3 is 0 Å². The molecule has 0 saturated heterocycles. The van der Waals surface area contributed by atoms with E-state index in [0.29, 0.717) is 12.2 Å². The Morgan fingerprint density at radius 3 is 2.76 bits per heavy atom. The first-order valence-corrected chi connectivity index (χ1v) is 7.21. The summed E-state index contributed by atoms with van der Waals surface area (Å²) in [5, 5.41) is 2.90. The van der Waals surface area contributed by atoms with E-state index < -0.39 is 0 Å². The quantitative estimate of drug-likeness (QED) is 0.775. The molecule has 4 heteroatoms. The molecule has 0 spiro atoms. The van der Waals surface area contributed by atoms with Crippen molar-refractivity contribution in [1.82, 2.24) is 4.98 Å². The van der Waals surface area contributed by atoms with Crippen LogP contribution in [0.15, 0.2) is 40.6 Å². The van der Waals surface area contributed by atoms with Crippen molar-refractivity contribution in [2.45, 2.75) is 18.2 Å². The normalized spacial score (nSPS) is 10.4. The molecule has 2 aromatic rings. The highest BCUT2D eigenvalue weighted by atomic mass is 32.2. The number of hydrogen-bond acceptors (Lipinski definition) is 4. The zero-order valence-electron chi connectivity index (χ0n) is 9.55. The van der Waals surface area contributed by atoms with E-state index in [9.17, 15) is 4.79 Å². The third-order valence-corrected chi connectivity index (χ3v) is 4.20. The molecule has 17 heavy (non-hydrogen) atoms. The lowest BCUT2D eigenvalue weighted by atomic mass is 10.3. The van der Waals surface area contributed by atoms with Gasteiger partial charge < -0.3 is 0 Å². The van der Waals surface area contributed by atoms with Crippen LogP contribution in [0.4, 0.5) is 0 Å². The lowest BCUT2D eigenvalue weighted by Crippen LogP contribution is -2.05. The van der Waals surface area contributed by atoms with Gasteiger partial charge in [0, 0.05) is 16.0 Å². The number of carbonyl (C=O) groups excluding carboxylic acids is 1. The Morgan fingerprint density at radius 1 is 1.35 bits per heavy atom. The van der Waals surface area contributed by atoms with E-state index in [4.69, 9.17) is 0 Å². The zero-order chi connectivity index (χ0) is 12.1. The maximum Gasteiger partial charge on any atom is 0.149 e. The third kappa shape index (κ3) is 3.98. The van der Waals surface area contributed by atoms with Crippen molar-refractivity contribution in [3.8, 4) is 0 Å². The van der Waals surface area contributed by atoms with Crippen molar-refractivity contribution in [3.05, 3.63) is 46.4 Å². The number of aryl methyl sites for hydroxylation is 1. The number of hydrogen-bond donors (Lipinski definition) is 0. The second kappa shape index (κ2) is 5.98. The van der Waals surface area contributed by atoms with Gasteiger partial charge in [-0.1, -0.05) is 18.2 Å². The molecule has 0 aliphatic carbocycles. The third-order valence-electron chi connectivity index (χ3n) is 2.16. The zero-order valence-corrected chi connectivity index (χ0v) is 11.2. The molecule has 0 bridgehead atoms. The molecule has 0 atom stereocenters. The molecule has 1 heterocycles. The molecule has 0 aliphatic rings. The van der Waals surface area contributed by atoms with Crippen LogP contribution >= 0.6 is 23.1 Å². The van der Waals surface area contributed by atoms with Crippen LogP contribution in [-0.4, -0.2) is 16.5 Å². The maximum atomic E-state index is 11.7. The molecule has 1 aromatic carbocycles. The summed E-state index contributed by atoms with van der Waals surface area (Å²) < 4.78 is 0. The van der Waals surface area contributed by atoms with Gasteiger partial charge in [-0.2, -0.15) is 0 Å². The van der Waals surface area contributed by atoms with Gasteiger partial charge in [0.05, 0.1) is 12.2 Å². The summed E-state index contributed by atoms with van der Waals surface area (Å²) in [5.41, 5.74) is 0.994. The van der Waals surface area contributed by atoms with Crippen LogP contribution in [0.25, 0.3) is 0 Å². The van der Waals surface area contributed by atoms with Gasteiger partial charge in [0.1, 0.15) is 10.8 Å². The van der Waals surface area contributed by atoms with Crippen LogP contribution in [0.1, 0.15) is 10.7 Å². The van der Waals surface area contributed by atoms with Crippen LogP contribution in [0.2, 0.25) is 0 Å². The molecular weight excluding hydrogens is 250 g/mol. The first-order chi connectivity index (χ1) is 8.24. The number of Topliss-reactive ketones (excluding diaryl/α,β-unsaturated/α-hetero) is 1. The fourth-order valence-electron chi connectivity index (χ4n) is 1.38. The Morgan fingerprint density at radius 2 is 2.12 bits per heavy atom. The number of nitrogens with zero attached hydrogens (tertiary/aromatic N) is 1. The van der Waals surface area contributed by atoms with Gasteiger partial charge in [0.25, 0.3) is 0 Å². The molecule has 2 nitrogen and oxygen atoms in total. The minimum atomic E-state index is 0.230. The number of ketones is 1. The Balaban J connectivity index is 1.82. The second-order valence-electron chi connectivity index (χ2n) is 3.70. The number of benzene rings is 1. The van der Waals surface area contributed by atoms with Crippen LogP contribution < -0.4 is 0 Å². The first-order valence-electron chi connectivity index (χ1n) is 5.34. The van der Waals surface area contributed by atoms with E-state index in [1.807, 2.05) is 42.6 Å². The van der Waals surface area contributed by atoms with Crippen molar-refractivity contribution in [3.63, 3.8) is 0 Å². The Kier molecular flexibility index (Phi) is 4.34. The Labute approximate surface area is 109 Å². The molecule has 0 fully saturated rings. The van der Waals surface area contributed by atoms with E-state index in [1.54, 1.807) is 23.1 Å². The highest BCUT2D eigenvalue weighted by Crippen LogP contribution is 2.18. The monoisotopic (exact) mass is 263 g/mol. The molecular formula is C13H13NOS2. The van der Waals surface area contributed by atoms with Gasteiger partial charge in [-0.25, -0.2) is 4.98 Å². The lowest BCUT2D eigenvalue weighted by Gasteiger charge is -1.99. The number of carbonyl (C=O) groups is 1. The molecule has 0 aliphatic heterocycles. The number of thiazole rings is 1. The first kappa shape index (κ1) is 12.3. The molecule has 0 saturated carbocycles. The molecule has 0 N–H and O–H groups in total. The number of rotatable bonds is 5. The van der Waals surface area contributed by atoms with Gasteiger partial charge in [0.15, 0.2) is 0 Å².